The lowest BCUT2D eigenvalue weighted by Crippen LogP contribution is -2.52. The number of fused-ring (bicyclic) bond motifs is 1. The zero-order valence-corrected chi connectivity index (χ0v) is 21.8. The number of sulfonamides is 1. The molecular weight excluding hydrogens is 486 g/mol. The molecule has 0 aromatic heterocycles. The summed E-state index contributed by atoms with van der Waals surface area (Å²) in [7, 11) is -0.795. The number of carbonyl (C=O) groups is 2. The number of carbonyl (C=O) groups excluding carboxylic acids is 2. The van der Waals surface area contributed by atoms with Crippen molar-refractivity contribution >= 4 is 27.5 Å². The molecule has 196 valence electrons. The van der Waals surface area contributed by atoms with Gasteiger partial charge >= 0.3 is 0 Å². The number of amides is 2. The quantitative estimate of drug-likeness (QED) is 0.484. The number of hydrogen-bond donors (Lipinski definition) is 1. The topological polar surface area (TPSA) is 114 Å². The van der Waals surface area contributed by atoms with E-state index in [1.54, 1.807) is 50.4 Å². The molecule has 0 saturated carbocycles. The van der Waals surface area contributed by atoms with Crippen LogP contribution < -0.4 is 23.8 Å². The van der Waals surface area contributed by atoms with Crippen LogP contribution in [0.2, 0.25) is 0 Å². The van der Waals surface area contributed by atoms with Crippen LogP contribution in [0, 0.1) is 0 Å². The molecule has 11 heteroatoms. The molecule has 1 atom stereocenters. The lowest BCUT2D eigenvalue weighted by molar-refractivity contribution is -0.140. The molecule has 10 nitrogen and oxygen atoms in total. The Morgan fingerprint density at radius 1 is 1.08 bits per heavy atom. The molecule has 1 aliphatic heterocycles. The lowest BCUT2D eigenvalue weighted by atomic mass is 10.1. The smallest absolute Gasteiger partial charge is 0.244 e. The molecule has 0 saturated heterocycles. The molecule has 0 aliphatic carbocycles. The second-order valence-electron chi connectivity index (χ2n) is 8.15. The minimum Gasteiger partial charge on any atom is -0.497 e. The van der Waals surface area contributed by atoms with E-state index in [4.69, 9.17) is 14.2 Å². The lowest BCUT2D eigenvalue weighted by Gasteiger charge is -2.33. The van der Waals surface area contributed by atoms with Gasteiger partial charge in [0, 0.05) is 19.7 Å². The van der Waals surface area contributed by atoms with Crippen molar-refractivity contribution in [3.8, 4) is 17.2 Å². The molecule has 1 aliphatic rings. The molecule has 0 radical (unpaired) electrons. The summed E-state index contributed by atoms with van der Waals surface area (Å²) >= 11 is 0. The first kappa shape index (κ1) is 27.1. The van der Waals surface area contributed by atoms with Gasteiger partial charge in [-0.05, 0) is 43.2 Å². The Balaban J connectivity index is 1.98. The first-order valence-corrected chi connectivity index (χ1v) is 13.4. The Morgan fingerprint density at radius 3 is 2.44 bits per heavy atom. The standard InChI is InChI=1S/C25H33N3O7S/c1-5-21(25(30)26-3)27(16-18-8-7-9-20(14-18)33-4)24(29)17-28(36(31,32)6-2)19-10-11-22-23(15-19)35-13-12-34-22/h7-11,14-15,21H,5-6,12-13,16-17H2,1-4H3,(H,26,30)/t21-/m0/s1. The number of anilines is 1. The van der Waals surface area contributed by atoms with E-state index >= 15 is 0 Å². The highest BCUT2D eigenvalue weighted by Crippen LogP contribution is 2.35. The number of rotatable bonds is 11. The van der Waals surface area contributed by atoms with Crippen molar-refractivity contribution in [2.45, 2.75) is 32.9 Å². The van der Waals surface area contributed by atoms with Crippen molar-refractivity contribution in [1.82, 2.24) is 10.2 Å². The molecule has 1 N–H and O–H groups in total. The third kappa shape index (κ3) is 6.20. The summed E-state index contributed by atoms with van der Waals surface area (Å²) in [6.07, 6.45) is 0.347. The normalized spacial score (nSPS) is 13.4. The van der Waals surface area contributed by atoms with Crippen molar-refractivity contribution in [2.75, 3.05) is 44.0 Å². The van der Waals surface area contributed by atoms with E-state index in [2.05, 4.69) is 5.32 Å². The van der Waals surface area contributed by atoms with Gasteiger partial charge in [-0.15, -0.1) is 0 Å². The number of benzene rings is 2. The van der Waals surface area contributed by atoms with E-state index in [9.17, 15) is 18.0 Å². The highest BCUT2D eigenvalue weighted by molar-refractivity contribution is 7.92. The number of hydrogen-bond acceptors (Lipinski definition) is 7. The van der Waals surface area contributed by atoms with Crippen LogP contribution in [0.15, 0.2) is 42.5 Å². The van der Waals surface area contributed by atoms with Crippen molar-refractivity contribution in [1.29, 1.82) is 0 Å². The second kappa shape index (κ2) is 12.0. The minimum absolute atomic E-state index is 0.100. The average Bonchev–Trinajstić information content (AvgIpc) is 2.90. The first-order chi connectivity index (χ1) is 17.2. The molecule has 1 heterocycles. The van der Waals surface area contributed by atoms with Gasteiger partial charge in [0.1, 0.15) is 31.5 Å². The maximum absolute atomic E-state index is 13.7. The molecule has 2 aromatic carbocycles. The third-order valence-corrected chi connectivity index (χ3v) is 7.65. The summed E-state index contributed by atoms with van der Waals surface area (Å²) in [5.41, 5.74) is 1.03. The Morgan fingerprint density at radius 2 is 1.81 bits per heavy atom. The maximum atomic E-state index is 13.7. The zero-order chi connectivity index (χ0) is 26.3. The molecule has 36 heavy (non-hydrogen) atoms. The molecule has 3 rings (SSSR count). The van der Waals surface area contributed by atoms with E-state index in [-0.39, 0.29) is 23.9 Å². The van der Waals surface area contributed by atoms with Crippen LogP contribution in [-0.4, -0.2) is 70.8 Å². The molecule has 0 bridgehead atoms. The Kier molecular flexibility index (Phi) is 9.03. The van der Waals surface area contributed by atoms with Crippen LogP contribution in [0.3, 0.4) is 0 Å². The van der Waals surface area contributed by atoms with Gasteiger partial charge in [-0.3, -0.25) is 13.9 Å². The fourth-order valence-corrected chi connectivity index (χ4v) is 5.01. The molecule has 2 aromatic rings. The summed E-state index contributed by atoms with van der Waals surface area (Å²) < 4.78 is 43.7. The number of methoxy groups -OCH3 is 1. The van der Waals surface area contributed by atoms with Crippen LogP contribution in [0.4, 0.5) is 5.69 Å². The maximum Gasteiger partial charge on any atom is 0.244 e. The number of nitrogens with one attached hydrogen (secondary N) is 1. The molecule has 0 fully saturated rings. The molecule has 0 unspecified atom stereocenters. The van der Waals surface area contributed by atoms with Gasteiger partial charge in [-0.1, -0.05) is 19.1 Å². The molecular formula is C25H33N3O7S. The Hall–Kier alpha value is -3.47. The second-order valence-corrected chi connectivity index (χ2v) is 10.3. The van der Waals surface area contributed by atoms with Crippen LogP contribution in [0.25, 0.3) is 0 Å². The largest absolute Gasteiger partial charge is 0.497 e. The number of likely N-dealkylation sites (N-methyl/N-ethyl adjacent to an activating group) is 1. The summed E-state index contributed by atoms with van der Waals surface area (Å²) in [6.45, 7) is 3.68. The SMILES string of the molecule is CC[C@@H](C(=O)NC)N(Cc1cccc(OC)c1)C(=O)CN(c1ccc2c(c1)OCCO2)S(=O)(=O)CC. The summed E-state index contributed by atoms with van der Waals surface area (Å²) in [4.78, 5) is 27.8. The average molecular weight is 520 g/mol. The predicted octanol–water partition coefficient (Wildman–Crippen LogP) is 2.18. The summed E-state index contributed by atoms with van der Waals surface area (Å²) in [5, 5.41) is 2.60. The van der Waals surface area contributed by atoms with E-state index in [1.807, 2.05) is 6.07 Å². The van der Waals surface area contributed by atoms with E-state index in [0.717, 1.165) is 9.87 Å². The van der Waals surface area contributed by atoms with Gasteiger partial charge in [0.05, 0.1) is 18.6 Å². The Bertz CT molecular complexity index is 1190. The Labute approximate surface area is 212 Å². The van der Waals surface area contributed by atoms with Gasteiger partial charge in [-0.2, -0.15) is 0 Å². The van der Waals surface area contributed by atoms with E-state index in [1.165, 1.54) is 18.9 Å². The van der Waals surface area contributed by atoms with Gasteiger partial charge < -0.3 is 24.4 Å². The number of ether oxygens (including phenoxy) is 3. The summed E-state index contributed by atoms with van der Waals surface area (Å²) in [6, 6.07) is 11.1. The zero-order valence-electron chi connectivity index (χ0n) is 21.0. The third-order valence-electron chi connectivity index (χ3n) is 5.91. The summed E-state index contributed by atoms with van der Waals surface area (Å²) in [5.74, 6) is 0.470. The van der Waals surface area contributed by atoms with Gasteiger partial charge in [0.15, 0.2) is 11.5 Å². The van der Waals surface area contributed by atoms with E-state index < -0.39 is 28.5 Å². The monoisotopic (exact) mass is 519 g/mol. The van der Waals surface area contributed by atoms with Crippen molar-refractivity contribution in [3.05, 3.63) is 48.0 Å². The van der Waals surface area contributed by atoms with Crippen LogP contribution in [-0.2, 0) is 26.2 Å². The fraction of sp³-hybridized carbons (Fsp3) is 0.440. The fourth-order valence-electron chi connectivity index (χ4n) is 3.96. The van der Waals surface area contributed by atoms with Crippen molar-refractivity contribution < 1.29 is 32.2 Å². The first-order valence-electron chi connectivity index (χ1n) is 11.8. The van der Waals surface area contributed by atoms with Crippen LogP contribution >= 0.6 is 0 Å². The van der Waals surface area contributed by atoms with Gasteiger partial charge in [0.25, 0.3) is 0 Å². The highest BCUT2D eigenvalue weighted by atomic mass is 32.2. The van der Waals surface area contributed by atoms with E-state index in [0.29, 0.717) is 36.9 Å². The minimum atomic E-state index is -3.84. The van der Waals surface area contributed by atoms with Gasteiger partial charge in [-0.25, -0.2) is 8.42 Å². The number of nitrogens with zero attached hydrogens (tertiary/aromatic N) is 2. The van der Waals surface area contributed by atoms with Crippen LogP contribution in [0.5, 0.6) is 17.2 Å². The molecule has 2 amide bonds. The molecule has 0 spiro atoms. The highest BCUT2D eigenvalue weighted by Gasteiger charge is 2.32. The predicted molar refractivity (Wildman–Crippen MR) is 136 cm³/mol. The van der Waals surface area contributed by atoms with Gasteiger partial charge in [0.2, 0.25) is 21.8 Å². The van der Waals surface area contributed by atoms with Crippen molar-refractivity contribution in [2.24, 2.45) is 0 Å². The van der Waals surface area contributed by atoms with Crippen molar-refractivity contribution in [3.63, 3.8) is 0 Å². The van der Waals surface area contributed by atoms with Crippen LogP contribution in [0.1, 0.15) is 25.8 Å².